The van der Waals surface area contributed by atoms with E-state index in [1.807, 2.05) is 38.1 Å². The van der Waals surface area contributed by atoms with Crippen LogP contribution < -0.4 is 0 Å². The number of carbonyl (C=O) groups excluding carboxylic acids is 2. The smallest absolute Gasteiger partial charge is 0.302 e. The van der Waals surface area contributed by atoms with Gasteiger partial charge in [0.05, 0.1) is 17.5 Å². The van der Waals surface area contributed by atoms with Gasteiger partial charge in [-0.2, -0.15) is 0 Å². The van der Waals surface area contributed by atoms with Gasteiger partial charge in [-0.1, -0.05) is 28.1 Å². The first-order valence-corrected chi connectivity index (χ1v) is 8.76. The van der Waals surface area contributed by atoms with Crippen molar-refractivity contribution in [1.82, 2.24) is 0 Å². The van der Waals surface area contributed by atoms with Gasteiger partial charge in [-0.15, -0.1) is 11.8 Å². The van der Waals surface area contributed by atoms with Crippen LogP contribution in [0.2, 0.25) is 0 Å². The SMILES string of the molecule is CC(=O)OCCOCCSc1ccc(C(=O)C(C)(C)Br)cc1. The fourth-order valence-corrected chi connectivity index (χ4v) is 2.60. The van der Waals surface area contributed by atoms with Gasteiger partial charge in [0, 0.05) is 23.1 Å². The third kappa shape index (κ3) is 7.42. The maximum absolute atomic E-state index is 12.1. The Morgan fingerprint density at radius 1 is 1.14 bits per heavy atom. The zero-order chi connectivity index (χ0) is 16.6. The largest absolute Gasteiger partial charge is 0.463 e. The molecule has 0 bridgehead atoms. The number of thioether (sulfide) groups is 1. The minimum absolute atomic E-state index is 0.0675. The van der Waals surface area contributed by atoms with Crippen molar-refractivity contribution in [3.05, 3.63) is 29.8 Å². The Morgan fingerprint density at radius 3 is 2.32 bits per heavy atom. The normalized spacial score (nSPS) is 11.3. The molecule has 0 N–H and O–H groups in total. The molecule has 0 aliphatic heterocycles. The van der Waals surface area contributed by atoms with Gasteiger partial charge in [0.25, 0.3) is 0 Å². The second kappa shape index (κ2) is 9.33. The molecule has 0 spiro atoms. The monoisotopic (exact) mass is 388 g/mol. The van der Waals surface area contributed by atoms with Gasteiger partial charge in [0.2, 0.25) is 0 Å². The molecule has 0 unspecified atom stereocenters. The van der Waals surface area contributed by atoms with Crippen LogP contribution in [0.3, 0.4) is 0 Å². The zero-order valence-corrected chi connectivity index (χ0v) is 15.5. The van der Waals surface area contributed by atoms with E-state index in [9.17, 15) is 9.59 Å². The molecule has 6 heteroatoms. The highest BCUT2D eigenvalue weighted by Gasteiger charge is 2.24. The Labute approximate surface area is 144 Å². The van der Waals surface area contributed by atoms with Crippen molar-refractivity contribution in [2.75, 3.05) is 25.6 Å². The van der Waals surface area contributed by atoms with Crippen LogP contribution in [0, 0.1) is 0 Å². The minimum Gasteiger partial charge on any atom is -0.463 e. The molecule has 0 saturated heterocycles. The van der Waals surface area contributed by atoms with E-state index in [-0.39, 0.29) is 11.8 Å². The van der Waals surface area contributed by atoms with Crippen molar-refractivity contribution in [1.29, 1.82) is 0 Å². The van der Waals surface area contributed by atoms with Gasteiger partial charge in [-0.3, -0.25) is 9.59 Å². The number of ketones is 1. The van der Waals surface area contributed by atoms with E-state index in [0.29, 0.717) is 25.4 Å². The maximum atomic E-state index is 12.1. The summed E-state index contributed by atoms with van der Waals surface area (Å²) in [5.41, 5.74) is 0.698. The minimum atomic E-state index is -0.544. The molecule has 0 amide bonds. The molecule has 122 valence electrons. The molecule has 0 aliphatic rings. The van der Waals surface area contributed by atoms with Gasteiger partial charge in [0.15, 0.2) is 5.78 Å². The van der Waals surface area contributed by atoms with E-state index < -0.39 is 4.32 Å². The van der Waals surface area contributed by atoms with Crippen LogP contribution in [0.1, 0.15) is 31.1 Å². The first-order valence-electron chi connectivity index (χ1n) is 6.98. The lowest BCUT2D eigenvalue weighted by Gasteiger charge is -2.14. The van der Waals surface area contributed by atoms with Gasteiger partial charge in [-0.25, -0.2) is 0 Å². The molecule has 0 atom stereocenters. The molecule has 0 radical (unpaired) electrons. The van der Waals surface area contributed by atoms with Crippen LogP contribution in [-0.4, -0.2) is 41.7 Å². The number of hydrogen-bond acceptors (Lipinski definition) is 5. The van der Waals surface area contributed by atoms with Gasteiger partial charge in [0.1, 0.15) is 6.61 Å². The zero-order valence-electron chi connectivity index (χ0n) is 13.1. The number of carbonyl (C=O) groups is 2. The summed E-state index contributed by atoms with van der Waals surface area (Å²) in [6, 6.07) is 7.56. The van der Waals surface area contributed by atoms with Crippen LogP contribution >= 0.6 is 27.7 Å². The van der Waals surface area contributed by atoms with Crippen molar-refractivity contribution >= 4 is 39.4 Å². The lowest BCUT2D eigenvalue weighted by atomic mass is 10.0. The van der Waals surface area contributed by atoms with Crippen LogP contribution in [0.4, 0.5) is 0 Å². The molecule has 1 rings (SSSR count). The summed E-state index contributed by atoms with van der Waals surface area (Å²) >= 11 is 5.03. The highest BCUT2D eigenvalue weighted by Crippen LogP contribution is 2.24. The molecule has 0 fully saturated rings. The van der Waals surface area contributed by atoms with Gasteiger partial charge in [-0.05, 0) is 26.0 Å². The Morgan fingerprint density at radius 2 is 1.77 bits per heavy atom. The number of ether oxygens (including phenoxy) is 2. The van der Waals surface area contributed by atoms with E-state index in [0.717, 1.165) is 10.6 Å². The van der Waals surface area contributed by atoms with Crippen molar-refractivity contribution in [3.63, 3.8) is 0 Å². The number of rotatable bonds is 9. The van der Waals surface area contributed by atoms with E-state index in [2.05, 4.69) is 15.9 Å². The van der Waals surface area contributed by atoms with Gasteiger partial charge < -0.3 is 9.47 Å². The standard InChI is InChI=1S/C16H21BrO4S/c1-12(18)21-9-8-20-10-11-22-14-6-4-13(5-7-14)15(19)16(2,3)17/h4-7H,8-11H2,1-3H3. The summed E-state index contributed by atoms with van der Waals surface area (Å²) in [5, 5.41) is 0. The highest BCUT2D eigenvalue weighted by atomic mass is 79.9. The molecule has 0 saturated carbocycles. The summed E-state index contributed by atoms with van der Waals surface area (Å²) in [4.78, 5) is 23.7. The van der Waals surface area contributed by atoms with Crippen LogP contribution in [0.15, 0.2) is 29.2 Å². The number of Topliss-reactive ketones (excluding diaryl/α,β-unsaturated/α-hetero) is 1. The lowest BCUT2D eigenvalue weighted by Crippen LogP contribution is -2.23. The summed E-state index contributed by atoms with van der Waals surface area (Å²) in [5.74, 6) is 0.578. The van der Waals surface area contributed by atoms with Crippen LogP contribution in [-0.2, 0) is 14.3 Å². The van der Waals surface area contributed by atoms with Gasteiger partial charge >= 0.3 is 5.97 Å². The first-order chi connectivity index (χ1) is 10.3. The van der Waals surface area contributed by atoms with E-state index in [4.69, 9.17) is 9.47 Å². The third-order valence-electron chi connectivity index (χ3n) is 2.69. The van der Waals surface area contributed by atoms with E-state index in [1.54, 1.807) is 11.8 Å². The lowest BCUT2D eigenvalue weighted by molar-refractivity contribution is -0.142. The summed E-state index contributed by atoms with van der Waals surface area (Å²) in [6.45, 7) is 6.34. The second-order valence-corrected chi connectivity index (χ2v) is 8.28. The predicted molar refractivity (Wildman–Crippen MR) is 92.0 cm³/mol. The third-order valence-corrected chi connectivity index (χ3v) is 4.02. The molecule has 22 heavy (non-hydrogen) atoms. The average molecular weight is 389 g/mol. The average Bonchev–Trinajstić information content (AvgIpc) is 2.45. The highest BCUT2D eigenvalue weighted by molar-refractivity contribution is 9.10. The van der Waals surface area contributed by atoms with Crippen LogP contribution in [0.25, 0.3) is 0 Å². The van der Waals surface area contributed by atoms with E-state index >= 15 is 0 Å². The van der Waals surface area contributed by atoms with Crippen molar-refractivity contribution in [2.24, 2.45) is 0 Å². The Kier molecular flexibility index (Phi) is 8.14. The Bertz CT molecular complexity index is 494. The summed E-state index contributed by atoms with van der Waals surface area (Å²) in [7, 11) is 0. The summed E-state index contributed by atoms with van der Waals surface area (Å²) in [6.07, 6.45) is 0. The molecular formula is C16H21BrO4S. The van der Waals surface area contributed by atoms with Crippen LogP contribution in [0.5, 0.6) is 0 Å². The second-order valence-electron chi connectivity index (χ2n) is 5.13. The number of halogens is 1. The molecule has 0 heterocycles. The maximum Gasteiger partial charge on any atom is 0.302 e. The number of esters is 1. The molecule has 0 aliphatic carbocycles. The Hall–Kier alpha value is -0.850. The quantitative estimate of drug-likeness (QED) is 0.212. The van der Waals surface area contributed by atoms with Crippen molar-refractivity contribution in [2.45, 2.75) is 30.0 Å². The Balaban J connectivity index is 2.28. The van der Waals surface area contributed by atoms with Crippen molar-refractivity contribution in [3.8, 4) is 0 Å². The summed E-state index contributed by atoms with van der Waals surface area (Å²) < 4.78 is 9.57. The molecule has 1 aromatic carbocycles. The predicted octanol–water partition coefficient (Wildman–Crippen LogP) is 3.71. The molecule has 0 aromatic heterocycles. The number of benzene rings is 1. The molecule has 1 aromatic rings. The number of hydrogen-bond donors (Lipinski definition) is 0. The molecule has 4 nitrogen and oxygen atoms in total. The van der Waals surface area contributed by atoms with Crippen molar-refractivity contribution < 1.29 is 19.1 Å². The molecular weight excluding hydrogens is 368 g/mol. The topological polar surface area (TPSA) is 52.6 Å². The fourth-order valence-electron chi connectivity index (χ4n) is 1.61. The number of alkyl halides is 1. The first kappa shape index (κ1) is 19.2. The van der Waals surface area contributed by atoms with E-state index in [1.165, 1.54) is 6.92 Å². The fraction of sp³-hybridized carbons (Fsp3) is 0.500.